The third-order valence-electron chi connectivity index (χ3n) is 3.39. The molecule has 0 radical (unpaired) electrons. The molecule has 1 amide bonds. The number of H-pyrrole nitrogens is 2. The van der Waals surface area contributed by atoms with Gasteiger partial charge in [-0.3, -0.25) is 4.79 Å². The molecule has 0 saturated carbocycles. The number of aromatic amines is 2. The van der Waals surface area contributed by atoms with Crippen LogP contribution in [0.4, 0.5) is 10.1 Å². The summed E-state index contributed by atoms with van der Waals surface area (Å²) in [5.74, 6) is -0.726. The number of anilines is 1. The number of rotatable bonds is 4. The smallest absolute Gasteiger partial charge is 0.323 e. The lowest BCUT2D eigenvalue weighted by Gasteiger charge is -2.03. The second kappa shape index (κ2) is 6.41. The Morgan fingerprint density at radius 1 is 1.17 bits per heavy atom. The minimum atomic E-state index is -0.498. The molecule has 0 aliphatic rings. The minimum Gasteiger partial charge on any atom is -0.494 e. The number of methoxy groups -OCH3 is 1. The second-order valence-corrected chi connectivity index (χ2v) is 5.06. The number of halogens is 1. The lowest BCUT2D eigenvalue weighted by atomic mass is 10.2. The van der Waals surface area contributed by atoms with Crippen molar-refractivity contribution in [3.8, 4) is 5.75 Å². The van der Waals surface area contributed by atoms with Crippen LogP contribution in [0.2, 0.25) is 0 Å². The summed E-state index contributed by atoms with van der Waals surface area (Å²) in [5.41, 5.74) is 2.01. The number of carbonyl (C=O) groups excluding carboxylic acids is 1. The van der Waals surface area contributed by atoms with E-state index in [9.17, 15) is 14.0 Å². The van der Waals surface area contributed by atoms with Crippen molar-refractivity contribution < 1.29 is 13.9 Å². The maximum absolute atomic E-state index is 13.6. The standard InChI is InChI=1S/C17H14FN3O3/c1-24-15-6-2-10(8-12(15)18)3-7-16(22)19-11-4-5-13-14(9-11)21-17(23)20-13/h2-9H,1H3,(H,19,22)(H2,20,21,23)/b7-3+. The number of imidazole rings is 1. The normalized spacial score (nSPS) is 11.1. The summed E-state index contributed by atoms with van der Waals surface area (Å²) in [6.45, 7) is 0. The van der Waals surface area contributed by atoms with Crippen LogP contribution in [0.1, 0.15) is 5.56 Å². The highest BCUT2D eigenvalue weighted by atomic mass is 19.1. The number of carbonyl (C=O) groups is 1. The Hall–Kier alpha value is -3.35. The molecule has 0 aliphatic heterocycles. The molecule has 0 bridgehead atoms. The largest absolute Gasteiger partial charge is 0.494 e. The summed E-state index contributed by atoms with van der Waals surface area (Å²) >= 11 is 0. The van der Waals surface area contributed by atoms with Crippen molar-refractivity contribution in [3.05, 3.63) is 64.3 Å². The van der Waals surface area contributed by atoms with Gasteiger partial charge in [-0.15, -0.1) is 0 Å². The van der Waals surface area contributed by atoms with E-state index in [4.69, 9.17) is 4.74 Å². The van der Waals surface area contributed by atoms with E-state index in [1.165, 1.54) is 31.4 Å². The van der Waals surface area contributed by atoms with Crippen LogP contribution >= 0.6 is 0 Å². The summed E-state index contributed by atoms with van der Waals surface area (Å²) < 4.78 is 18.4. The van der Waals surface area contributed by atoms with E-state index in [0.717, 1.165) is 0 Å². The van der Waals surface area contributed by atoms with Gasteiger partial charge < -0.3 is 20.0 Å². The van der Waals surface area contributed by atoms with Crippen LogP contribution in [-0.4, -0.2) is 23.0 Å². The maximum atomic E-state index is 13.6. The molecule has 0 saturated heterocycles. The van der Waals surface area contributed by atoms with E-state index in [1.807, 2.05) is 0 Å². The molecule has 3 N–H and O–H groups in total. The van der Waals surface area contributed by atoms with Crippen molar-refractivity contribution in [2.24, 2.45) is 0 Å². The number of amides is 1. The zero-order valence-electron chi connectivity index (χ0n) is 12.7. The Morgan fingerprint density at radius 3 is 2.71 bits per heavy atom. The first kappa shape index (κ1) is 15.5. The molecule has 0 unspecified atom stereocenters. The number of hydrogen-bond acceptors (Lipinski definition) is 3. The average molecular weight is 327 g/mol. The van der Waals surface area contributed by atoms with Crippen LogP contribution in [0.25, 0.3) is 17.1 Å². The number of nitrogens with one attached hydrogen (secondary N) is 3. The maximum Gasteiger partial charge on any atom is 0.323 e. The van der Waals surface area contributed by atoms with Crippen molar-refractivity contribution in [2.75, 3.05) is 12.4 Å². The third kappa shape index (κ3) is 3.35. The zero-order valence-corrected chi connectivity index (χ0v) is 12.7. The SMILES string of the molecule is COc1ccc(/C=C/C(=O)Nc2ccc3[nH]c(=O)[nH]c3c2)cc1F. The van der Waals surface area contributed by atoms with Gasteiger partial charge in [-0.2, -0.15) is 0 Å². The van der Waals surface area contributed by atoms with Crippen molar-refractivity contribution in [2.45, 2.75) is 0 Å². The van der Waals surface area contributed by atoms with E-state index in [1.54, 1.807) is 24.3 Å². The Bertz CT molecular complexity index is 988. The molecule has 1 aromatic heterocycles. The predicted molar refractivity (Wildman–Crippen MR) is 89.5 cm³/mol. The molecule has 3 aromatic rings. The summed E-state index contributed by atoms with van der Waals surface area (Å²) in [6.07, 6.45) is 2.79. The molecular weight excluding hydrogens is 313 g/mol. The van der Waals surface area contributed by atoms with Gasteiger partial charge in [0.1, 0.15) is 0 Å². The number of hydrogen-bond donors (Lipinski definition) is 3. The van der Waals surface area contributed by atoms with E-state index in [0.29, 0.717) is 22.3 Å². The summed E-state index contributed by atoms with van der Waals surface area (Å²) in [4.78, 5) is 28.4. The highest BCUT2D eigenvalue weighted by Gasteiger charge is 2.04. The molecule has 0 aliphatic carbocycles. The molecule has 24 heavy (non-hydrogen) atoms. The van der Waals surface area contributed by atoms with Gasteiger partial charge in [0.2, 0.25) is 5.91 Å². The van der Waals surface area contributed by atoms with Crippen LogP contribution in [0.15, 0.2) is 47.3 Å². The monoisotopic (exact) mass is 327 g/mol. The molecule has 0 fully saturated rings. The minimum absolute atomic E-state index is 0.144. The summed E-state index contributed by atoms with van der Waals surface area (Å²) in [7, 11) is 1.38. The van der Waals surface area contributed by atoms with Gasteiger partial charge in [0.05, 0.1) is 18.1 Å². The summed E-state index contributed by atoms with van der Waals surface area (Å²) in [6, 6.07) is 9.41. The fourth-order valence-electron chi connectivity index (χ4n) is 2.25. The fraction of sp³-hybridized carbons (Fsp3) is 0.0588. The predicted octanol–water partition coefficient (Wildman–Crippen LogP) is 2.66. The highest BCUT2D eigenvalue weighted by molar-refractivity contribution is 6.02. The molecule has 1 heterocycles. The van der Waals surface area contributed by atoms with E-state index in [-0.39, 0.29) is 17.3 Å². The van der Waals surface area contributed by atoms with Gasteiger partial charge in [0.25, 0.3) is 0 Å². The molecule has 122 valence electrons. The molecular formula is C17H14FN3O3. The molecule has 7 heteroatoms. The van der Waals surface area contributed by atoms with Gasteiger partial charge in [-0.05, 0) is 42.0 Å². The molecule has 2 aromatic carbocycles. The van der Waals surface area contributed by atoms with Crippen molar-refractivity contribution in [3.63, 3.8) is 0 Å². The van der Waals surface area contributed by atoms with Crippen LogP contribution in [0.3, 0.4) is 0 Å². The molecule has 0 atom stereocenters. The Morgan fingerprint density at radius 2 is 1.96 bits per heavy atom. The van der Waals surface area contributed by atoms with Crippen LogP contribution < -0.4 is 15.7 Å². The Labute approximate surface area is 136 Å². The molecule has 6 nitrogen and oxygen atoms in total. The van der Waals surface area contributed by atoms with Crippen molar-refractivity contribution >= 4 is 28.7 Å². The van der Waals surface area contributed by atoms with E-state index in [2.05, 4.69) is 15.3 Å². The van der Waals surface area contributed by atoms with Crippen molar-refractivity contribution in [1.82, 2.24) is 9.97 Å². The van der Waals surface area contributed by atoms with Crippen LogP contribution in [0, 0.1) is 5.82 Å². The zero-order chi connectivity index (χ0) is 17.1. The lowest BCUT2D eigenvalue weighted by molar-refractivity contribution is -0.111. The second-order valence-electron chi connectivity index (χ2n) is 5.06. The third-order valence-corrected chi connectivity index (χ3v) is 3.39. The Kier molecular flexibility index (Phi) is 4.15. The number of benzene rings is 2. The quantitative estimate of drug-likeness (QED) is 0.644. The number of ether oxygens (including phenoxy) is 1. The lowest BCUT2D eigenvalue weighted by Crippen LogP contribution is -2.07. The Balaban J connectivity index is 1.71. The molecule has 0 spiro atoms. The molecule has 3 rings (SSSR count). The van der Waals surface area contributed by atoms with Gasteiger partial charge in [-0.25, -0.2) is 9.18 Å². The van der Waals surface area contributed by atoms with Gasteiger partial charge >= 0.3 is 5.69 Å². The first-order chi connectivity index (χ1) is 11.5. The van der Waals surface area contributed by atoms with Crippen molar-refractivity contribution in [1.29, 1.82) is 0 Å². The topological polar surface area (TPSA) is 87.0 Å². The first-order valence-electron chi connectivity index (χ1n) is 7.10. The fourth-order valence-corrected chi connectivity index (χ4v) is 2.25. The first-order valence-corrected chi connectivity index (χ1v) is 7.10. The number of aromatic nitrogens is 2. The average Bonchev–Trinajstić information content (AvgIpc) is 2.92. The summed E-state index contributed by atoms with van der Waals surface area (Å²) in [5, 5.41) is 2.67. The van der Waals surface area contributed by atoms with E-state index >= 15 is 0 Å². The van der Waals surface area contributed by atoms with E-state index < -0.39 is 5.82 Å². The van der Waals surface area contributed by atoms with Gasteiger partial charge in [-0.1, -0.05) is 6.07 Å². The highest BCUT2D eigenvalue weighted by Crippen LogP contribution is 2.18. The van der Waals surface area contributed by atoms with Gasteiger partial charge in [0, 0.05) is 11.8 Å². The van der Waals surface area contributed by atoms with Crippen LogP contribution in [-0.2, 0) is 4.79 Å². The van der Waals surface area contributed by atoms with Gasteiger partial charge in [0.15, 0.2) is 11.6 Å². The van der Waals surface area contributed by atoms with Crippen LogP contribution in [0.5, 0.6) is 5.75 Å². The number of fused-ring (bicyclic) bond motifs is 1.